The van der Waals surface area contributed by atoms with Crippen LogP contribution in [0.4, 0.5) is 11.4 Å². The van der Waals surface area contributed by atoms with Crippen molar-refractivity contribution in [3.05, 3.63) is 50.9 Å². The van der Waals surface area contributed by atoms with Crippen molar-refractivity contribution in [1.82, 2.24) is 0 Å². The molecule has 0 aliphatic heterocycles. The second kappa shape index (κ2) is 5.81. The molecule has 0 saturated carbocycles. The molecular formula is C12H9BrCl2N2O2S. The van der Waals surface area contributed by atoms with E-state index in [0.717, 1.165) is 0 Å². The zero-order valence-corrected chi connectivity index (χ0v) is 13.8. The van der Waals surface area contributed by atoms with E-state index in [9.17, 15) is 8.42 Å². The second-order valence-electron chi connectivity index (χ2n) is 3.91. The molecular weight excluding hydrogens is 387 g/mol. The number of benzene rings is 2. The molecule has 2 rings (SSSR count). The molecule has 0 radical (unpaired) electrons. The van der Waals surface area contributed by atoms with Gasteiger partial charge in [-0.1, -0.05) is 23.2 Å². The molecule has 0 saturated heterocycles. The molecule has 0 unspecified atom stereocenters. The van der Waals surface area contributed by atoms with Crippen LogP contribution in [0.2, 0.25) is 10.0 Å². The average Bonchev–Trinajstić information content (AvgIpc) is 2.36. The van der Waals surface area contributed by atoms with Gasteiger partial charge in [0.2, 0.25) is 0 Å². The third-order valence-corrected chi connectivity index (χ3v) is 5.09. The van der Waals surface area contributed by atoms with E-state index in [2.05, 4.69) is 20.7 Å². The SMILES string of the molecule is Nc1cc(S(=O)(=O)Nc2ccc(Cl)cc2Cl)ccc1Br. The fourth-order valence-corrected chi connectivity index (χ4v) is 3.34. The summed E-state index contributed by atoms with van der Waals surface area (Å²) < 4.78 is 27.5. The maximum Gasteiger partial charge on any atom is 0.262 e. The third-order valence-electron chi connectivity index (χ3n) is 2.45. The van der Waals surface area contributed by atoms with Crippen LogP contribution in [-0.4, -0.2) is 8.42 Å². The summed E-state index contributed by atoms with van der Waals surface area (Å²) in [5.41, 5.74) is 6.25. The topological polar surface area (TPSA) is 72.2 Å². The molecule has 0 aliphatic rings. The van der Waals surface area contributed by atoms with Gasteiger partial charge in [0.25, 0.3) is 10.0 Å². The van der Waals surface area contributed by atoms with E-state index in [0.29, 0.717) is 15.2 Å². The number of halogens is 3. The Morgan fingerprint density at radius 3 is 2.40 bits per heavy atom. The standard InChI is InChI=1S/C12H9BrCl2N2O2S/c13-9-3-2-8(6-11(9)16)20(18,19)17-12-4-1-7(14)5-10(12)15/h1-6,17H,16H2. The quantitative estimate of drug-likeness (QED) is 0.767. The lowest BCUT2D eigenvalue weighted by Crippen LogP contribution is -2.13. The van der Waals surface area contributed by atoms with Crippen LogP contribution < -0.4 is 10.5 Å². The fraction of sp³-hybridized carbons (Fsp3) is 0. The van der Waals surface area contributed by atoms with Gasteiger partial charge in [-0.15, -0.1) is 0 Å². The van der Waals surface area contributed by atoms with Crippen molar-refractivity contribution in [1.29, 1.82) is 0 Å². The van der Waals surface area contributed by atoms with Crippen molar-refractivity contribution in [2.45, 2.75) is 4.90 Å². The number of nitrogens with one attached hydrogen (secondary N) is 1. The van der Waals surface area contributed by atoms with E-state index in [1.54, 1.807) is 12.1 Å². The first-order chi connectivity index (χ1) is 9.29. The average molecular weight is 396 g/mol. The van der Waals surface area contributed by atoms with E-state index in [1.165, 1.54) is 24.3 Å². The minimum absolute atomic E-state index is 0.0456. The zero-order chi connectivity index (χ0) is 14.9. The second-order valence-corrected chi connectivity index (χ2v) is 7.29. The van der Waals surface area contributed by atoms with Crippen molar-refractivity contribution in [2.75, 3.05) is 10.5 Å². The van der Waals surface area contributed by atoms with E-state index in [-0.39, 0.29) is 15.6 Å². The van der Waals surface area contributed by atoms with Crippen molar-refractivity contribution in [2.24, 2.45) is 0 Å². The van der Waals surface area contributed by atoms with Crippen molar-refractivity contribution >= 4 is 60.5 Å². The van der Waals surface area contributed by atoms with Gasteiger partial charge in [0, 0.05) is 15.2 Å². The highest BCUT2D eigenvalue weighted by Crippen LogP contribution is 2.29. The van der Waals surface area contributed by atoms with Crippen LogP contribution in [0.15, 0.2) is 45.8 Å². The molecule has 2 aromatic carbocycles. The number of hydrogen-bond acceptors (Lipinski definition) is 3. The molecule has 2 aromatic rings. The molecule has 0 aliphatic carbocycles. The predicted molar refractivity (Wildman–Crippen MR) is 85.8 cm³/mol. The normalized spacial score (nSPS) is 11.3. The summed E-state index contributed by atoms with van der Waals surface area (Å²) in [5, 5.41) is 0.636. The molecule has 4 nitrogen and oxygen atoms in total. The van der Waals surface area contributed by atoms with Crippen molar-refractivity contribution < 1.29 is 8.42 Å². The predicted octanol–water partition coefficient (Wildman–Crippen LogP) is 4.14. The minimum atomic E-state index is -3.77. The maximum absolute atomic E-state index is 12.2. The van der Waals surface area contributed by atoms with Gasteiger partial charge in [0.15, 0.2) is 0 Å². The third kappa shape index (κ3) is 3.38. The fourth-order valence-electron chi connectivity index (χ4n) is 1.46. The van der Waals surface area contributed by atoms with Gasteiger partial charge >= 0.3 is 0 Å². The first-order valence-corrected chi connectivity index (χ1v) is 8.36. The number of hydrogen-bond donors (Lipinski definition) is 2. The summed E-state index contributed by atoms with van der Waals surface area (Å²) in [6, 6.07) is 8.85. The Balaban J connectivity index is 2.38. The molecule has 0 fully saturated rings. The van der Waals surface area contributed by atoms with Crippen LogP contribution in [0.3, 0.4) is 0 Å². The molecule has 0 spiro atoms. The Labute approximate surface area is 135 Å². The molecule has 106 valence electrons. The number of anilines is 2. The number of nitrogen functional groups attached to an aromatic ring is 1. The van der Waals surface area contributed by atoms with Gasteiger partial charge in [0.1, 0.15) is 0 Å². The van der Waals surface area contributed by atoms with E-state index in [1.807, 2.05) is 0 Å². The van der Waals surface area contributed by atoms with Crippen LogP contribution in [0, 0.1) is 0 Å². The van der Waals surface area contributed by atoms with E-state index in [4.69, 9.17) is 28.9 Å². The van der Waals surface area contributed by atoms with Gasteiger partial charge in [0.05, 0.1) is 15.6 Å². The van der Waals surface area contributed by atoms with Crippen LogP contribution >= 0.6 is 39.1 Å². The lowest BCUT2D eigenvalue weighted by Gasteiger charge is -2.10. The minimum Gasteiger partial charge on any atom is -0.398 e. The summed E-state index contributed by atoms with van der Waals surface area (Å²) in [6.07, 6.45) is 0. The summed E-state index contributed by atoms with van der Waals surface area (Å²) in [5.74, 6) is 0. The van der Waals surface area contributed by atoms with Crippen LogP contribution in [0.1, 0.15) is 0 Å². The van der Waals surface area contributed by atoms with Crippen molar-refractivity contribution in [3.8, 4) is 0 Å². The number of nitrogens with two attached hydrogens (primary N) is 1. The lowest BCUT2D eigenvalue weighted by molar-refractivity contribution is 0.601. The maximum atomic E-state index is 12.2. The molecule has 0 bridgehead atoms. The Morgan fingerprint density at radius 1 is 1.10 bits per heavy atom. The Hall–Kier alpha value is -0.950. The van der Waals surface area contributed by atoms with Gasteiger partial charge in [-0.2, -0.15) is 0 Å². The summed E-state index contributed by atoms with van der Waals surface area (Å²) in [4.78, 5) is 0.0456. The van der Waals surface area contributed by atoms with Gasteiger partial charge < -0.3 is 5.73 Å². The highest BCUT2D eigenvalue weighted by atomic mass is 79.9. The molecule has 8 heteroatoms. The Bertz CT molecular complexity index is 766. The van der Waals surface area contributed by atoms with Gasteiger partial charge in [-0.25, -0.2) is 8.42 Å². The molecule has 0 aromatic heterocycles. The summed E-state index contributed by atoms with van der Waals surface area (Å²) >= 11 is 14.9. The van der Waals surface area contributed by atoms with E-state index < -0.39 is 10.0 Å². The van der Waals surface area contributed by atoms with Crippen LogP contribution in [-0.2, 0) is 10.0 Å². The van der Waals surface area contributed by atoms with Crippen LogP contribution in [0.5, 0.6) is 0 Å². The molecule has 0 atom stereocenters. The first kappa shape index (κ1) is 15.4. The van der Waals surface area contributed by atoms with Gasteiger partial charge in [-0.3, -0.25) is 4.72 Å². The molecule has 20 heavy (non-hydrogen) atoms. The monoisotopic (exact) mass is 394 g/mol. The van der Waals surface area contributed by atoms with E-state index >= 15 is 0 Å². The smallest absolute Gasteiger partial charge is 0.262 e. The largest absolute Gasteiger partial charge is 0.398 e. The first-order valence-electron chi connectivity index (χ1n) is 5.32. The highest BCUT2D eigenvalue weighted by molar-refractivity contribution is 9.10. The summed E-state index contributed by atoms with van der Waals surface area (Å²) in [6.45, 7) is 0. The number of rotatable bonds is 3. The Morgan fingerprint density at radius 2 is 1.80 bits per heavy atom. The molecule has 0 amide bonds. The van der Waals surface area contributed by atoms with Crippen molar-refractivity contribution in [3.63, 3.8) is 0 Å². The van der Waals surface area contributed by atoms with Gasteiger partial charge in [-0.05, 0) is 52.3 Å². The Kier molecular flexibility index (Phi) is 4.49. The molecule has 0 heterocycles. The number of sulfonamides is 1. The zero-order valence-electron chi connectivity index (χ0n) is 9.90. The lowest BCUT2D eigenvalue weighted by atomic mass is 10.3. The van der Waals surface area contributed by atoms with Crippen LogP contribution in [0.25, 0.3) is 0 Å². The summed E-state index contributed by atoms with van der Waals surface area (Å²) in [7, 11) is -3.77. The highest BCUT2D eigenvalue weighted by Gasteiger charge is 2.16. The molecule has 3 N–H and O–H groups in total.